The van der Waals surface area contributed by atoms with Gasteiger partial charge in [-0.1, -0.05) is 41.0 Å². The molecule has 0 aliphatic carbocycles. The summed E-state index contributed by atoms with van der Waals surface area (Å²) >= 11 is 0. The summed E-state index contributed by atoms with van der Waals surface area (Å²) in [6.07, 6.45) is 2.37. The summed E-state index contributed by atoms with van der Waals surface area (Å²) in [5, 5.41) is 12.7. The minimum Gasteiger partial charge on any atom is -0.480 e. The number of hydrogen-bond donors (Lipinski definition) is 2. The molecule has 3 nitrogen and oxygen atoms in total. The van der Waals surface area contributed by atoms with Crippen molar-refractivity contribution in [2.24, 2.45) is 11.8 Å². The van der Waals surface area contributed by atoms with Crippen LogP contribution in [0, 0.1) is 11.8 Å². The van der Waals surface area contributed by atoms with E-state index in [0.29, 0.717) is 24.7 Å². The van der Waals surface area contributed by atoms with Crippen LogP contribution >= 0.6 is 0 Å². The molecule has 0 heterocycles. The first-order valence-corrected chi connectivity index (χ1v) is 6.36. The maximum absolute atomic E-state index is 11.5. The highest BCUT2D eigenvalue weighted by molar-refractivity contribution is 5.78. The average molecular weight is 229 g/mol. The fourth-order valence-corrected chi connectivity index (χ4v) is 1.79. The van der Waals surface area contributed by atoms with Gasteiger partial charge in [0.15, 0.2) is 0 Å². The van der Waals surface area contributed by atoms with Gasteiger partial charge in [-0.15, -0.1) is 0 Å². The van der Waals surface area contributed by atoms with E-state index in [1.165, 1.54) is 0 Å². The molecule has 2 atom stereocenters. The first kappa shape index (κ1) is 15.4. The van der Waals surface area contributed by atoms with Crippen LogP contribution < -0.4 is 5.32 Å². The van der Waals surface area contributed by atoms with Crippen molar-refractivity contribution in [3.8, 4) is 0 Å². The zero-order chi connectivity index (χ0) is 12.8. The van der Waals surface area contributed by atoms with Gasteiger partial charge in [0.2, 0.25) is 0 Å². The van der Waals surface area contributed by atoms with Crippen LogP contribution in [0.4, 0.5) is 0 Å². The predicted octanol–water partition coefficient (Wildman–Crippen LogP) is 2.90. The maximum atomic E-state index is 11.5. The van der Waals surface area contributed by atoms with Gasteiger partial charge in [-0.3, -0.25) is 4.79 Å². The van der Waals surface area contributed by atoms with Crippen LogP contribution in [0.3, 0.4) is 0 Å². The van der Waals surface area contributed by atoms with Gasteiger partial charge in [0.25, 0.3) is 0 Å². The van der Waals surface area contributed by atoms with E-state index in [-0.39, 0.29) is 0 Å². The number of hydrogen-bond acceptors (Lipinski definition) is 2. The van der Waals surface area contributed by atoms with Gasteiger partial charge in [0.05, 0.1) is 0 Å². The van der Waals surface area contributed by atoms with Gasteiger partial charge < -0.3 is 10.4 Å². The summed E-state index contributed by atoms with van der Waals surface area (Å²) in [6, 6.07) is 0. The smallest absolute Gasteiger partial charge is 0.323 e. The van der Waals surface area contributed by atoms with E-state index >= 15 is 0 Å². The van der Waals surface area contributed by atoms with Crippen molar-refractivity contribution in [1.82, 2.24) is 5.32 Å². The minimum atomic E-state index is -0.736. The molecule has 0 saturated heterocycles. The van der Waals surface area contributed by atoms with Gasteiger partial charge in [-0.2, -0.15) is 0 Å². The lowest BCUT2D eigenvalue weighted by atomic mass is 9.84. The van der Waals surface area contributed by atoms with Crippen LogP contribution in [0.5, 0.6) is 0 Å². The van der Waals surface area contributed by atoms with Crippen LogP contribution in [0.1, 0.15) is 53.9 Å². The summed E-state index contributed by atoms with van der Waals surface area (Å²) in [4.78, 5) is 11.5. The second-order valence-electron chi connectivity index (χ2n) is 5.23. The molecule has 0 aromatic heterocycles. The van der Waals surface area contributed by atoms with E-state index in [1.54, 1.807) is 0 Å². The Morgan fingerprint density at radius 3 is 2.19 bits per heavy atom. The van der Waals surface area contributed by atoms with E-state index in [1.807, 2.05) is 6.92 Å². The Labute approximate surface area is 99.6 Å². The molecule has 0 spiro atoms. The van der Waals surface area contributed by atoms with Gasteiger partial charge in [-0.25, -0.2) is 0 Å². The highest BCUT2D eigenvalue weighted by Crippen LogP contribution is 2.23. The molecule has 0 rings (SSSR count). The highest BCUT2D eigenvalue weighted by Gasteiger charge is 2.37. The van der Waals surface area contributed by atoms with Crippen LogP contribution in [-0.4, -0.2) is 23.2 Å². The van der Waals surface area contributed by atoms with Crippen molar-refractivity contribution in [3.63, 3.8) is 0 Å². The number of carbonyl (C=O) groups is 1. The van der Waals surface area contributed by atoms with Crippen molar-refractivity contribution in [1.29, 1.82) is 0 Å². The molecule has 0 fully saturated rings. The van der Waals surface area contributed by atoms with Gasteiger partial charge in [-0.05, 0) is 31.2 Å². The molecule has 2 N–H and O–H groups in total. The average Bonchev–Trinajstić information content (AvgIpc) is 2.23. The molecular weight excluding hydrogens is 202 g/mol. The minimum absolute atomic E-state index is 0.440. The van der Waals surface area contributed by atoms with Gasteiger partial charge >= 0.3 is 5.97 Å². The molecule has 16 heavy (non-hydrogen) atoms. The van der Waals surface area contributed by atoms with Gasteiger partial charge in [0.1, 0.15) is 5.54 Å². The fraction of sp³-hybridized carbons (Fsp3) is 0.923. The molecule has 0 radical (unpaired) electrons. The number of carboxylic acids is 1. The summed E-state index contributed by atoms with van der Waals surface area (Å²) in [6.45, 7) is 11.1. The second kappa shape index (κ2) is 6.89. The Morgan fingerprint density at radius 2 is 1.88 bits per heavy atom. The predicted molar refractivity (Wildman–Crippen MR) is 67.6 cm³/mol. The monoisotopic (exact) mass is 229 g/mol. The highest BCUT2D eigenvalue weighted by atomic mass is 16.4. The Hall–Kier alpha value is -0.570. The molecule has 0 aromatic rings. The zero-order valence-electron chi connectivity index (χ0n) is 11.3. The SMILES string of the molecule is CCC(C)CC(CC)(NCC(C)C)C(=O)O. The summed E-state index contributed by atoms with van der Waals surface area (Å²) in [5.74, 6) is 0.203. The fourth-order valence-electron chi connectivity index (χ4n) is 1.79. The molecule has 0 aromatic carbocycles. The van der Waals surface area contributed by atoms with Crippen molar-refractivity contribution in [2.45, 2.75) is 59.4 Å². The molecule has 0 aliphatic rings. The van der Waals surface area contributed by atoms with Crippen molar-refractivity contribution >= 4 is 5.97 Å². The lowest BCUT2D eigenvalue weighted by Gasteiger charge is -2.32. The molecule has 0 saturated carbocycles. The second-order valence-corrected chi connectivity index (χ2v) is 5.23. The van der Waals surface area contributed by atoms with Crippen LogP contribution in [0.15, 0.2) is 0 Å². The third-order valence-corrected chi connectivity index (χ3v) is 3.26. The molecule has 3 heteroatoms. The Kier molecular flexibility index (Phi) is 6.65. The molecular formula is C13H27NO2. The van der Waals surface area contributed by atoms with Gasteiger partial charge in [0, 0.05) is 0 Å². The normalized spacial score (nSPS) is 17.1. The molecule has 96 valence electrons. The Balaban J connectivity index is 4.64. The molecule has 0 aliphatic heterocycles. The van der Waals surface area contributed by atoms with Crippen LogP contribution in [0.25, 0.3) is 0 Å². The van der Waals surface area contributed by atoms with E-state index in [9.17, 15) is 9.90 Å². The number of carboxylic acid groups (broad SMARTS) is 1. The summed E-state index contributed by atoms with van der Waals surface area (Å²) in [7, 11) is 0. The number of aliphatic carboxylic acids is 1. The first-order valence-electron chi connectivity index (χ1n) is 6.36. The zero-order valence-corrected chi connectivity index (χ0v) is 11.3. The lowest BCUT2D eigenvalue weighted by Crippen LogP contribution is -2.53. The third kappa shape index (κ3) is 4.52. The quantitative estimate of drug-likeness (QED) is 0.673. The first-order chi connectivity index (χ1) is 7.38. The van der Waals surface area contributed by atoms with E-state index in [0.717, 1.165) is 13.0 Å². The van der Waals surface area contributed by atoms with Crippen LogP contribution in [0.2, 0.25) is 0 Å². The van der Waals surface area contributed by atoms with Crippen molar-refractivity contribution in [2.75, 3.05) is 6.54 Å². The Bertz CT molecular complexity index is 216. The van der Waals surface area contributed by atoms with Crippen LogP contribution in [-0.2, 0) is 4.79 Å². The van der Waals surface area contributed by atoms with Crippen molar-refractivity contribution < 1.29 is 9.90 Å². The number of nitrogens with one attached hydrogen (secondary N) is 1. The van der Waals surface area contributed by atoms with E-state index < -0.39 is 11.5 Å². The third-order valence-electron chi connectivity index (χ3n) is 3.26. The summed E-state index contributed by atoms with van der Waals surface area (Å²) < 4.78 is 0. The topological polar surface area (TPSA) is 49.3 Å². The van der Waals surface area contributed by atoms with E-state index in [4.69, 9.17) is 0 Å². The van der Waals surface area contributed by atoms with E-state index in [2.05, 4.69) is 33.0 Å². The molecule has 0 amide bonds. The summed E-state index contributed by atoms with van der Waals surface area (Å²) in [5.41, 5.74) is -0.736. The standard InChI is InChI=1S/C13H27NO2/c1-6-11(5)8-13(7-2,12(15)16)14-9-10(3)4/h10-11,14H,6-9H2,1-5H3,(H,15,16). The molecule has 0 bridgehead atoms. The Morgan fingerprint density at radius 1 is 1.31 bits per heavy atom. The lowest BCUT2D eigenvalue weighted by molar-refractivity contribution is -0.146. The van der Waals surface area contributed by atoms with Crippen molar-refractivity contribution in [3.05, 3.63) is 0 Å². The number of rotatable bonds is 8. The maximum Gasteiger partial charge on any atom is 0.323 e. The largest absolute Gasteiger partial charge is 0.480 e. The molecule has 2 unspecified atom stereocenters.